The van der Waals surface area contributed by atoms with Gasteiger partial charge in [0, 0.05) is 5.56 Å². The molecule has 9 nitrogen and oxygen atoms in total. The molecular formula is C19H13ClN6O3S. The average Bonchev–Trinajstić information content (AvgIpc) is 3.17. The van der Waals surface area contributed by atoms with Crippen LogP contribution in [0.3, 0.4) is 0 Å². The van der Waals surface area contributed by atoms with Gasteiger partial charge in [-0.05, 0) is 48.2 Å². The molecule has 150 valence electrons. The Bertz CT molecular complexity index is 1200. The number of nitrogens with zero attached hydrogens (tertiary/aromatic N) is 6. The summed E-state index contributed by atoms with van der Waals surface area (Å²) in [5.41, 5.74) is 1.30. The van der Waals surface area contributed by atoms with Crippen molar-refractivity contribution in [3.63, 3.8) is 0 Å². The predicted molar refractivity (Wildman–Crippen MR) is 111 cm³/mol. The number of halogens is 1. The van der Waals surface area contributed by atoms with Gasteiger partial charge in [-0.2, -0.15) is 0 Å². The van der Waals surface area contributed by atoms with Crippen molar-refractivity contribution in [1.29, 1.82) is 0 Å². The van der Waals surface area contributed by atoms with E-state index in [-0.39, 0.29) is 5.69 Å². The van der Waals surface area contributed by atoms with E-state index >= 15 is 0 Å². The fourth-order valence-electron chi connectivity index (χ4n) is 2.66. The molecule has 0 atom stereocenters. The number of methoxy groups -OCH3 is 1. The molecule has 0 spiro atoms. The highest BCUT2D eigenvalue weighted by molar-refractivity contribution is 7.99. The zero-order valence-electron chi connectivity index (χ0n) is 15.5. The minimum absolute atomic E-state index is 0.187. The number of nitro groups is 1. The van der Waals surface area contributed by atoms with Gasteiger partial charge in [-0.1, -0.05) is 23.7 Å². The summed E-state index contributed by atoms with van der Waals surface area (Å²) < 4.78 is 7.05. The van der Waals surface area contributed by atoms with E-state index < -0.39 is 4.92 Å². The Balaban J connectivity index is 1.80. The van der Waals surface area contributed by atoms with E-state index in [9.17, 15) is 10.1 Å². The highest BCUT2D eigenvalue weighted by Gasteiger charge is 2.20. The smallest absolute Gasteiger partial charge is 0.305 e. The van der Waals surface area contributed by atoms with Crippen LogP contribution in [-0.2, 0) is 0 Å². The summed E-state index contributed by atoms with van der Waals surface area (Å²) in [4.78, 5) is 18.4. The molecule has 0 aliphatic heterocycles. The molecule has 4 aromatic rings. The molecule has 0 amide bonds. The van der Waals surface area contributed by atoms with Gasteiger partial charge in [-0.15, -0.1) is 10.2 Å². The van der Waals surface area contributed by atoms with E-state index in [1.807, 2.05) is 47.0 Å². The molecule has 0 fully saturated rings. The molecule has 4 rings (SSSR count). The fraction of sp³-hybridized carbons (Fsp3) is 0.0526. The molecule has 0 radical (unpaired) electrons. The summed E-state index contributed by atoms with van der Waals surface area (Å²) in [5, 5.41) is 20.7. The maximum Gasteiger partial charge on any atom is 0.305 e. The molecule has 0 aliphatic rings. The van der Waals surface area contributed by atoms with Gasteiger partial charge in [0.2, 0.25) is 5.16 Å². The number of hydrogen-bond acceptors (Lipinski definition) is 8. The molecule has 2 aromatic carbocycles. The first-order chi connectivity index (χ1) is 14.6. The lowest BCUT2D eigenvalue weighted by atomic mass is 10.2. The van der Waals surface area contributed by atoms with E-state index in [0.29, 0.717) is 32.5 Å². The summed E-state index contributed by atoms with van der Waals surface area (Å²) in [7, 11) is 1.59. The predicted octanol–water partition coefficient (Wildman–Crippen LogP) is 4.45. The Hall–Kier alpha value is -3.50. The van der Waals surface area contributed by atoms with Crippen molar-refractivity contribution in [2.24, 2.45) is 0 Å². The first-order valence-electron chi connectivity index (χ1n) is 8.56. The van der Waals surface area contributed by atoms with E-state index in [4.69, 9.17) is 16.3 Å². The Kier molecular flexibility index (Phi) is 5.59. The number of hydrogen-bond donors (Lipinski definition) is 0. The van der Waals surface area contributed by atoms with Crippen LogP contribution in [0.15, 0.2) is 71.2 Å². The van der Waals surface area contributed by atoms with E-state index in [1.54, 1.807) is 13.2 Å². The van der Waals surface area contributed by atoms with Gasteiger partial charge in [0.1, 0.15) is 18.1 Å². The molecule has 0 aliphatic carbocycles. The molecule has 2 heterocycles. The summed E-state index contributed by atoms with van der Waals surface area (Å²) in [6, 6.07) is 14.7. The van der Waals surface area contributed by atoms with Gasteiger partial charge in [0.05, 0.1) is 22.7 Å². The molecule has 2 aromatic heterocycles. The second-order valence-corrected chi connectivity index (χ2v) is 7.24. The Morgan fingerprint density at radius 2 is 1.77 bits per heavy atom. The molecule has 0 saturated carbocycles. The first kappa shape index (κ1) is 19.8. The molecule has 30 heavy (non-hydrogen) atoms. The third kappa shape index (κ3) is 3.95. The normalized spacial score (nSPS) is 10.7. The number of aromatic nitrogens is 5. The first-order valence-corrected chi connectivity index (χ1v) is 9.75. The quantitative estimate of drug-likeness (QED) is 0.246. The fourth-order valence-corrected chi connectivity index (χ4v) is 3.61. The van der Waals surface area contributed by atoms with Crippen LogP contribution >= 0.6 is 23.4 Å². The minimum atomic E-state index is -0.552. The van der Waals surface area contributed by atoms with Crippen molar-refractivity contribution in [3.05, 3.63) is 76.1 Å². The zero-order valence-corrected chi connectivity index (χ0v) is 17.0. The van der Waals surface area contributed by atoms with Crippen LogP contribution in [0.4, 0.5) is 5.69 Å². The Morgan fingerprint density at radius 3 is 2.40 bits per heavy atom. The van der Waals surface area contributed by atoms with Gasteiger partial charge in [-0.25, -0.2) is 9.97 Å². The van der Waals surface area contributed by atoms with Crippen molar-refractivity contribution in [2.45, 2.75) is 10.3 Å². The van der Waals surface area contributed by atoms with Gasteiger partial charge in [0.15, 0.2) is 11.0 Å². The molecular weight excluding hydrogens is 428 g/mol. The van der Waals surface area contributed by atoms with Crippen LogP contribution in [-0.4, -0.2) is 36.8 Å². The van der Waals surface area contributed by atoms with E-state index in [2.05, 4.69) is 20.2 Å². The van der Waals surface area contributed by atoms with Crippen molar-refractivity contribution in [3.8, 4) is 22.8 Å². The number of ether oxygens (including phenoxy) is 1. The van der Waals surface area contributed by atoms with Crippen LogP contribution in [0.25, 0.3) is 17.1 Å². The zero-order chi connectivity index (χ0) is 21.1. The van der Waals surface area contributed by atoms with Crippen molar-refractivity contribution < 1.29 is 9.66 Å². The van der Waals surface area contributed by atoms with Crippen molar-refractivity contribution >= 4 is 29.1 Å². The van der Waals surface area contributed by atoms with Gasteiger partial charge >= 0.3 is 5.69 Å². The summed E-state index contributed by atoms with van der Waals surface area (Å²) in [6.45, 7) is 0. The summed E-state index contributed by atoms with van der Waals surface area (Å²) in [6.07, 6.45) is 2.30. The average molecular weight is 441 g/mol. The Labute approximate surface area is 179 Å². The van der Waals surface area contributed by atoms with Crippen molar-refractivity contribution in [2.75, 3.05) is 7.11 Å². The summed E-state index contributed by atoms with van der Waals surface area (Å²) >= 11 is 7.52. The van der Waals surface area contributed by atoms with Crippen LogP contribution in [0, 0.1) is 10.1 Å². The lowest BCUT2D eigenvalue weighted by Crippen LogP contribution is -2.01. The molecule has 11 heteroatoms. The van der Waals surface area contributed by atoms with Gasteiger partial charge < -0.3 is 4.74 Å². The molecule has 0 bridgehead atoms. The van der Waals surface area contributed by atoms with E-state index in [1.165, 1.54) is 0 Å². The number of rotatable bonds is 6. The lowest BCUT2D eigenvalue weighted by Gasteiger charge is -2.11. The van der Waals surface area contributed by atoms with Crippen LogP contribution in [0.5, 0.6) is 5.75 Å². The van der Waals surface area contributed by atoms with Crippen molar-refractivity contribution in [1.82, 2.24) is 24.7 Å². The van der Waals surface area contributed by atoms with Crippen LogP contribution in [0.1, 0.15) is 0 Å². The standard InChI is InChI=1S/C19H13ClN6O3S/c1-29-14-8-6-12(7-9-14)25-17(15-4-2-3-5-16(15)20)23-24-19(25)30-18-21-10-13(11-22-18)26(27)28/h2-11H,1H3. The largest absolute Gasteiger partial charge is 0.497 e. The third-order valence-electron chi connectivity index (χ3n) is 4.09. The molecule has 0 saturated heterocycles. The van der Waals surface area contributed by atoms with Crippen LogP contribution in [0.2, 0.25) is 5.02 Å². The maximum absolute atomic E-state index is 10.8. The monoisotopic (exact) mass is 440 g/mol. The van der Waals surface area contributed by atoms with Gasteiger partial charge in [0.25, 0.3) is 0 Å². The SMILES string of the molecule is COc1ccc(-n2c(Sc3ncc([N+](=O)[O-])cn3)nnc2-c2ccccc2Cl)cc1. The van der Waals surface area contributed by atoms with Crippen LogP contribution < -0.4 is 4.74 Å². The topological polar surface area (TPSA) is 109 Å². The minimum Gasteiger partial charge on any atom is -0.497 e. The highest BCUT2D eigenvalue weighted by atomic mass is 35.5. The lowest BCUT2D eigenvalue weighted by molar-refractivity contribution is -0.385. The Morgan fingerprint density at radius 1 is 1.07 bits per heavy atom. The maximum atomic E-state index is 10.8. The summed E-state index contributed by atoms with van der Waals surface area (Å²) in [5.74, 6) is 1.24. The number of benzene rings is 2. The highest BCUT2D eigenvalue weighted by Crippen LogP contribution is 2.34. The molecule has 0 unspecified atom stereocenters. The molecule has 0 N–H and O–H groups in total. The van der Waals surface area contributed by atoms with E-state index in [0.717, 1.165) is 29.8 Å². The third-order valence-corrected chi connectivity index (χ3v) is 5.26. The van der Waals surface area contributed by atoms with Gasteiger partial charge in [-0.3, -0.25) is 14.7 Å². The second kappa shape index (κ2) is 8.47. The second-order valence-electron chi connectivity index (χ2n) is 5.90.